The van der Waals surface area contributed by atoms with Crippen LogP contribution in [0.1, 0.15) is 25.5 Å². The van der Waals surface area contributed by atoms with Gasteiger partial charge in [0.1, 0.15) is 5.76 Å². The summed E-state index contributed by atoms with van der Waals surface area (Å²) >= 11 is 3.46. The molecule has 0 saturated heterocycles. The number of unbranched alkanes of at least 4 members (excludes halogenated alkanes) is 1. The molecule has 1 heterocycles. The molecule has 0 spiro atoms. The highest BCUT2D eigenvalue weighted by atomic mass is 79.9. The van der Waals surface area contributed by atoms with Crippen molar-refractivity contribution in [3.8, 4) is 11.1 Å². The van der Waals surface area contributed by atoms with Gasteiger partial charge < -0.3 is 10.3 Å². The molecule has 4 heteroatoms. The maximum atomic E-state index is 5.88. The lowest BCUT2D eigenvalue weighted by Crippen LogP contribution is -1.91. The van der Waals surface area contributed by atoms with Crippen LogP contribution in [0.5, 0.6) is 0 Å². The summed E-state index contributed by atoms with van der Waals surface area (Å²) in [5.41, 5.74) is 7.85. The number of nitrogens with zero attached hydrogens (tertiary/aromatic N) is 1. The fraction of sp³-hybridized carbons (Fsp3) is 0.308. The number of hydrogen-bond donors (Lipinski definition) is 1. The number of aromatic nitrogens is 1. The minimum absolute atomic E-state index is 0.467. The van der Waals surface area contributed by atoms with Crippen LogP contribution >= 0.6 is 15.9 Å². The number of benzene rings is 1. The molecule has 0 aliphatic carbocycles. The predicted octanol–water partition coefficient (Wildman–Crippen LogP) is 4.03. The third kappa shape index (κ3) is 2.69. The van der Waals surface area contributed by atoms with E-state index in [1.807, 2.05) is 24.3 Å². The summed E-state index contributed by atoms with van der Waals surface area (Å²) in [6.45, 7) is 2.15. The number of nitrogen functional groups attached to an aromatic ring is 1. The van der Waals surface area contributed by atoms with Crippen LogP contribution in [0.3, 0.4) is 0 Å². The van der Waals surface area contributed by atoms with E-state index in [2.05, 4.69) is 28.0 Å². The van der Waals surface area contributed by atoms with Crippen LogP contribution in [-0.2, 0) is 6.42 Å². The molecule has 0 bridgehead atoms. The molecule has 2 N–H and O–H groups in total. The molecule has 3 nitrogen and oxygen atoms in total. The highest BCUT2D eigenvalue weighted by Crippen LogP contribution is 2.31. The molecule has 0 atom stereocenters. The van der Waals surface area contributed by atoms with Crippen LogP contribution < -0.4 is 5.73 Å². The zero-order valence-corrected chi connectivity index (χ0v) is 11.3. The Kier molecular flexibility index (Phi) is 3.84. The molecule has 0 amide bonds. The molecular weight excluding hydrogens is 280 g/mol. The van der Waals surface area contributed by atoms with Crippen molar-refractivity contribution in [3.05, 3.63) is 34.5 Å². The Morgan fingerprint density at radius 1 is 1.41 bits per heavy atom. The second-order valence-electron chi connectivity index (χ2n) is 3.98. The van der Waals surface area contributed by atoms with E-state index in [1.54, 1.807) is 0 Å². The zero-order chi connectivity index (χ0) is 12.3. The number of aryl methyl sites for hydroxylation is 1. The Balaban J connectivity index is 2.39. The molecule has 0 fully saturated rings. The van der Waals surface area contributed by atoms with Gasteiger partial charge in [0.15, 0.2) is 5.82 Å². The maximum absolute atomic E-state index is 5.88. The lowest BCUT2D eigenvalue weighted by atomic mass is 10.0. The number of halogens is 1. The van der Waals surface area contributed by atoms with E-state index in [0.717, 1.165) is 40.6 Å². The lowest BCUT2D eigenvalue weighted by Gasteiger charge is -2.02. The van der Waals surface area contributed by atoms with Crippen LogP contribution in [0.25, 0.3) is 11.1 Å². The largest absolute Gasteiger partial charge is 0.380 e. The van der Waals surface area contributed by atoms with Gasteiger partial charge in [-0.2, -0.15) is 0 Å². The van der Waals surface area contributed by atoms with Crippen molar-refractivity contribution in [2.45, 2.75) is 26.2 Å². The average molecular weight is 295 g/mol. The Bertz CT molecular complexity index is 508. The Morgan fingerprint density at radius 3 is 2.94 bits per heavy atom. The first-order valence-corrected chi connectivity index (χ1v) is 6.51. The van der Waals surface area contributed by atoms with Crippen LogP contribution in [-0.4, -0.2) is 5.16 Å². The van der Waals surface area contributed by atoms with Gasteiger partial charge >= 0.3 is 0 Å². The fourth-order valence-electron chi connectivity index (χ4n) is 1.80. The second kappa shape index (κ2) is 5.36. The highest BCUT2D eigenvalue weighted by Gasteiger charge is 2.15. The van der Waals surface area contributed by atoms with Crippen LogP contribution in [0.15, 0.2) is 33.3 Å². The van der Waals surface area contributed by atoms with E-state index >= 15 is 0 Å². The molecule has 0 saturated carbocycles. The Morgan fingerprint density at radius 2 is 2.24 bits per heavy atom. The van der Waals surface area contributed by atoms with Crippen LogP contribution in [0.4, 0.5) is 5.82 Å². The molecule has 0 aliphatic rings. The van der Waals surface area contributed by atoms with Gasteiger partial charge in [-0.05, 0) is 24.1 Å². The quantitative estimate of drug-likeness (QED) is 0.926. The SMILES string of the molecule is CCCCc1onc(N)c1-c1cccc(Br)c1. The summed E-state index contributed by atoms with van der Waals surface area (Å²) in [6.07, 6.45) is 3.08. The Hall–Kier alpha value is -1.29. The van der Waals surface area contributed by atoms with Crippen molar-refractivity contribution in [1.82, 2.24) is 5.16 Å². The van der Waals surface area contributed by atoms with Gasteiger partial charge in [-0.15, -0.1) is 0 Å². The third-order valence-corrected chi connectivity index (χ3v) is 3.15. The van der Waals surface area contributed by atoms with E-state index in [-0.39, 0.29) is 0 Å². The van der Waals surface area contributed by atoms with E-state index in [0.29, 0.717) is 5.82 Å². The van der Waals surface area contributed by atoms with Crippen LogP contribution in [0, 0.1) is 0 Å². The van der Waals surface area contributed by atoms with Gasteiger partial charge in [0.05, 0.1) is 5.56 Å². The molecule has 1 aromatic carbocycles. The standard InChI is InChI=1S/C13H15BrN2O/c1-2-3-7-11-12(13(15)16-17-11)9-5-4-6-10(14)8-9/h4-6,8H,2-3,7H2,1H3,(H2,15,16). The first-order chi connectivity index (χ1) is 8.22. The first kappa shape index (κ1) is 12.2. The van der Waals surface area contributed by atoms with E-state index in [4.69, 9.17) is 10.3 Å². The topological polar surface area (TPSA) is 52.0 Å². The van der Waals surface area contributed by atoms with Gasteiger partial charge in [0.2, 0.25) is 0 Å². The van der Waals surface area contributed by atoms with Gasteiger partial charge in [0, 0.05) is 10.9 Å². The molecular formula is C13H15BrN2O. The van der Waals surface area contributed by atoms with Crippen molar-refractivity contribution < 1.29 is 4.52 Å². The minimum Gasteiger partial charge on any atom is -0.380 e. The summed E-state index contributed by atoms with van der Waals surface area (Å²) in [4.78, 5) is 0. The predicted molar refractivity (Wildman–Crippen MR) is 72.7 cm³/mol. The number of nitrogens with two attached hydrogens (primary N) is 1. The number of rotatable bonds is 4. The lowest BCUT2D eigenvalue weighted by molar-refractivity contribution is 0.383. The van der Waals surface area contributed by atoms with Crippen LogP contribution in [0.2, 0.25) is 0 Å². The van der Waals surface area contributed by atoms with Gasteiger partial charge in [0.25, 0.3) is 0 Å². The van der Waals surface area contributed by atoms with Gasteiger partial charge in [-0.3, -0.25) is 0 Å². The molecule has 17 heavy (non-hydrogen) atoms. The maximum Gasteiger partial charge on any atom is 0.175 e. The van der Waals surface area contributed by atoms with E-state index in [9.17, 15) is 0 Å². The van der Waals surface area contributed by atoms with E-state index in [1.165, 1.54) is 0 Å². The van der Waals surface area contributed by atoms with Crippen molar-refractivity contribution >= 4 is 21.7 Å². The molecule has 0 unspecified atom stereocenters. The van der Waals surface area contributed by atoms with Crippen molar-refractivity contribution in [1.29, 1.82) is 0 Å². The number of anilines is 1. The Labute approximate surface area is 109 Å². The molecule has 90 valence electrons. The molecule has 0 radical (unpaired) electrons. The summed E-state index contributed by atoms with van der Waals surface area (Å²) in [5, 5.41) is 3.86. The molecule has 2 rings (SSSR count). The minimum atomic E-state index is 0.467. The fourth-order valence-corrected chi connectivity index (χ4v) is 2.20. The average Bonchev–Trinajstić information content (AvgIpc) is 2.68. The molecule has 1 aromatic heterocycles. The third-order valence-electron chi connectivity index (χ3n) is 2.66. The van der Waals surface area contributed by atoms with Crippen molar-refractivity contribution in [2.24, 2.45) is 0 Å². The normalized spacial score (nSPS) is 10.7. The molecule has 2 aromatic rings. The summed E-state index contributed by atoms with van der Waals surface area (Å²) in [7, 11) is 0. The number of hydrogen-bond acceptors (Lipinski definition) is 3. The summed E-state index contributed by atoms with van der Waals surface area (Å²) in [5.74, 6) is 1.34. The first-order valence-electron chi connectivity index (χ1n) is 5.72. The van der Waals surface area contributed by atoms with Gasteiger partial charge in [-0.1, -0.05) is 46.6 Å². The summed E-state index contributed by atoms with van der Waals surface area (Å²) in [6, 6.07) is 8.01. The monoisotopic (exact) mass is 294 g/mol. The van der Waals surface area contributed by atoms with Crippen molar-refractivity contribution in [3.63, 3.8) is 0 Å². The zero-order valence-electron chi connectivity index (χ0n) is 9.74. The van der Waals surface area contributed by atoms with Crippen molar-refractivity contribution in [2.75, 3.05) is 5.73 Å². The van der Waals surface area contributed by atoms with Gasteiger partial charge in [-0.25, -0.2) is 0 Å². The highest BCUT2D eigenvalue weighted by molar-refractivity contribution is 9.10. The molecule has 0 aliphatic heterocycles. The second-order valence-corrected chi connectivity index (χ2v) is 4.90. The van der Waals surface area contributed by atoms with E-state index < -0.39 is 0 Å². The summed E-state index contributed by atoms with van der Waals surface area (Å²) < 4.78 is 6.33. The smallest absolute Gasteiger partial charge is 0.175 e.